The minimum atomic E-state index is -0.403. The van der Waals surface area contributed by atoms with E-state index in [0.29, 0.717) is 5.56 Å². The Hall–Kier alpha value is -2.25. The van der Waals surface area contributed by atoms with Gasteiger partial charge in [0.15, 0.2) is 5.13 Å². The minimum absolute atomic E-state index is 0.403. The smallest absolute Gasteiger partial charge is 0.250 e. The summed E-state index contributed by atoms with van der Waals surface area (Å²) in [5.41, 5.74) is 11.0. The van der Waals surface area contributed by atoms with E-state index in [1.54, 1.807) is 23.1 Å². The third-order valence-electron chi connectivity index (χ3n) is 4.22. The lowest BCUT2D eigenvalue weighted by atomic mass is 10.2. The summed E-state index contributed by atoms with van der Waals surface area (Å²) in [6, 6.07) is 10.0. The van der Waals surface area contributed by atoms with E-state index in [4.69, 9.17) is 10.7 Å². The zero-order valence-corrected chi connectivity index (χ0v) is 16.7. The highest BCUT2D eigenvalue weighted by atomic mass is 32.2. The molecule has 1 amide bonds. The molecule has 136 valence electrons. The number of nitrogens with two attached hydrogens (primary N) is 1. The van der Waals surface area contributed by atoms with Crippen LogP contribution < -0.4 is 11.1 Å². The number of thiazole rings is 1. The van der Waals surface area contributed by atoms with E-state index >= 15 is 0 Å². The Morgan fingerprint density at radius 1 is 1.31 bits per heavy atom. The Labute approximate surface area is 161 Å². The lowest BCUT2D eigenvalue weighted by molar-refractivity contribution is 0.0999. The molecule has 0 atom stereocenters. The Bertz CT molecular complexity index is 912. The van der Waals surface area contributed by atoms with Crippen LogP contribution in [0.25, 0.3) is 11.4 Å². The van der Waals surface area contributed by atoms with Crippen LogP contribution in [0.15, 0.2) is 35.7 Å². The van der Waals surface area contributed by atoms with Crippen molar-refractivity contribution in [2.45, 2.75) is 20.4 Å². The molecule has 1 aromatic carbocycles. The van der Waals surface area contributed by atoms with Gasteiger partial charge in [-0.2, -0.15) is 11.8 Å². The molecule has 0 fully saturated rings. The number of rotatable bonds is 7. The van der Waals surface area contributed by atoms with Crippen molar-refractivity contribution in [1.29, 1.82) is 0 Å². The van der Waals surface area contributed by atoms with Crippen LogP contribution in [0.2, 0.25) is 0 Å². The van der Waals surface area contributed by atoms with Crippen LogP contribution in [0.5, 0.6) is 0 Å². The summed E-state index contributed by atoms with van der Waals surface area (Å²) in [5.74, 6) is 0.555. The first-order valence-electron chi connectivity index (χ1n) is 8.28. The van der Waals surface area contributed by atoms with Crippen molar-refractivity contribution in [2.24, 2.45) is 5.73 Å². The lowest BCUT2D eigenvalue weighted by Gasteiger charge is -2.09. The molecule has 0 unspecified atom stereocenters. The predicted octanol–water partition coefficient (Wildman–Crippen LogP) is 4.43. The average Bonchev–Trinajstić information content (AvgIpc) is 3.19. The molecule has 2 aromatic heterocycles. The van der Waals surface area contributed by atoms with Crippen LogP contribution in [-0.2, 0) is 6.54 Å². The number of carbonyl (C=O) groups is 1. The van der Waals surface area contributed by atoms with E-state index in [9.17, 15) is 4.79 Å². The molecule has 0 aliphatic carbocycles. The van der Waals surface area contributed by atoms with Gasteiger partial charge in [-0.05, 0) is 38.3 Å². The molecule has 0 aliphatic heterocycles. The number of thioether (sulfide) groups is 1. The van der Waals surface area contributed by atoms with E-state index < -0.39 is 5.91 Å². The second kappa shape index (κ2) is 7.97. The van der Waals surface area contributed by atoms with Crippen molar-refractivity contribution in [3.63, 3.8) is 0 Å². The van der Waals surface area contributed by atoms with E-state index in [0.717, 1.165) is 40.2 Å². The quantitative estimate of drug-likeness (QED) is 0.630. The summed E-state index contributed by atoms with van der Waals surface area (Å²) in [7, 11) is 0. The SMILES string of the molecule is CSCCn1c(-c2csc(Nc3ccc(C)cc3)n2)cc(C(N)=O)c1C. The molecule has 0 spiro atoms. The molecule has 7 heteroatoms. The second-order valence-corrected chi connectivity index (χ2v) is 7.91. The Balaban J connectivity index is 1.91. The second-order valence-electron chi connectivity index (χ2n) is 6.07. The third-order valence-corrected chi connectivity index (χ3v) is 5.57. The van der Waals surface area contributed by atoms with Crippen molar-refractivity contribution < 1.29 is 4.79 Å². The van der Waals surface area contributed by atoms with E-state index in [-0.39, 0.29) is 0 Å². The van der Waals surface area contributed by atoms with Gasteiger partial charge in [0, 0.05) is 29.1 Å². The van der Waals surface area contributed by atoms with Gasteiger partial charge in [0.1, 0.15) is 0 Å². The molecular formula is C19H22N4OS2. The standard InChI is InChI=1S/C19H22N4OS2/c1-12-4-6-14(7-5-12)21-19-22-16(11-26-19)17-10-15(18(20)24)13(2)23(17)8-9-25-3/h4-7,10-11H,8-9H2,1-3H3,(H2,20,24)(H,21,22). The van der Waals surface area contributed by atoms with Crippen LogP contribution in [0.1, 0.15) is 21.6 Å². The first kappa shape index (κ1) is 18.5. The zero-order valence-electron chi connectivity index (χ0n) is 15.1. The first-order chi connectivity index (χ1) is 12.5. The van der Waals surface area contributed by atoms with Crippen LogP contribution >= 0.6 is 23.1 Å². The van der Waals surface area contributed by atoms with Gasteiger partial charge in [0.2, 0.25) is 0 Å². The monoisotopic (exact) mass is 386 g/mol. The van der Waals surface area contributed by atoms with Gasteiger partial charge in [0.05, 0.1) is 17.0 Å². The summed E-state index contributed by atoms with van der Waals surface area (Å²) in [4.78, 5) is 16.4. The third kappa shape index (κ3) is 3.94. The van der Waals surface area contributed by atoms with Crippen LogP contribution in [-0.4, -0.2) is 27.5 Å². The van der Waals surface area contributed by atoms with E-state index in [1.807, 2.05) is 30.5 Å². The van der Waals surface area contributed by atoms with Gasteiger partial charge in [-0.3, -0.25) is 4.79 Å². The lowest BCUT2D eigenvalue weighted by Crippen LogP contribution is -2.13. The fraction of sp³-hybridized carbons (Fsp3) is 0.263. The average molecular weight is 387 g/mol. The molecule has 3 rings (SSSR count). The number of anilines is 2. The van der Waals surface area contributed by atoms with Gasteiger partial charge < -0.3 is 15.6 Å². The van der Waals surface area contributed by atoms with Crippen molar-refractivity contribution in [2.75, 3.05) is 17.3 Å². The van der Waals surface area contributed by atoms with Gasteiger partial charge in [-0.25, -0.2) is 4.98 Å². The number of hydrogen-bond acceptors (Lipinski definition) is 5. The van der Waals surface area contributed by atoms with Crippen molar-refractivity contribution in [3.05, 3.63) is 52.5 Å². The number of benzene rings is 1. The largest absolute Gasteiger partial charge is 0.366 e. The van der Waals surface area contributed by atoms with Crippen LogP contribution in [0.4, 0.5) is 10.8 Å². The highest BCUT2D eigenvalue weighted by molar-refractivity contribution is 7.98. The number of aromatic nitrogens is 2. The fourth-order valence-electron chi connectivity index (χ4n) is 2.79. The van der Waals surface area contributed by atoms with E-state index in [1.165, 1.54) is 5.56 Å². The first-order valence-corrected chi connectivity index (χ1v) is 10.6. The fourth-order valence-corrected chi connectivity index (χ4v) is 3.88. The van der Waals surface area contributed by atoms with Crippen molar-refractivity contribution >= 4 is 39.8 Å². The summed E-state index contributed by atoms with van der Waals surface area (Å²) >= 11 is 3.31. The Morgan fingerprint density at radius 3 is 2.69 bits per heavy atom. The Kier molecular flexibility index (Phi) is 5.68. The summed E-state index contributed by atoms with van der Waals surface area (Å²) < 4.78 is 2.13. The highest BCUT2D eigenvalue weighted by Crippen LogP contribution is 2.30. The molecule has 2 heterocycles. The molecule has 26 heavy (non-hydrogen) atoms. The molecule has 0 saturated heterocycles. The van der Waals surface area contributed by atoms with Crippen LogP contribution in [0, 0.1) is 13.8 Å². The maximum Gasteiger partial charge on any atom is 0.250 e. The number of amides is 1. The van der Waals surface area contributed by atoms with Gasteiger partial charge in [-0.1, -0.05) is 17.7 Å². The molecular weight excluding hydrogens is 364 g/mol. The number of carbonyl (C=O) groups excluding carboxylic acids is 1. The summed E-state index contributed by atoms with van der Waals surface area (Å²) in [5, 5.41) is 6.16. The van der Waals surface area contributed by atoms with Gasteiger partial charge >= 0.3 is 0 Å². The number of nitrogens with one attached hydrogen (secondary N) is 1. The van der Waals surface area contributed by atoms with E-state index in [2.05, 4.69) is 35.2 Å². The zero-order chi connectivity index (χ0) is 18.7. The molecule has 3 aromatic rings. The Morgan fingerprint density at radius 2 is 2.04 bits per heavy atom. The predicted molar refractivity (Wildman–Crippen MR) is 112 cm³/mol. The number of primary amides is 1. The maximum atomic E-state index is 11.7. The molecule has 3 N–H and O–H groups in total. The van der Waals surface area contributed by atoms with Crippen molar-refractivity contribution in [3.8, 4) is 11.4 Å². The molecule has 0 radical (unpaired) electrons. The van der Waals surface area contributed by atoms with Crippen LogP contribution in [0.3, 0.4) is 0 Å². The number of nitrogens with zero attached hydrogens (tertiary/aromatic N) is 2. The number of hydrogen-bond donors (Lipinski definition) is 2. The van der Waals surface area contributed by atoms with Crippen molar-refractivity contribution in [1.82, 2.24) is 9.55 Å². The molecule has 0 bridgehead atoms. The topological polar surface area (TPSA) is 72.9 Å². The maximum absolute atomic E-state index is 11.7. The normalized spacial score (nSPS) is 10.9. The van der Waals surface area contributed by atoms with Gasteiger partial charge in [0.25, 0.3) is 5.91 Å². The number of aryl methyl sites for hydroxylation is 1. The molecule has 5 nitrogen and oxygen atoms in total. The minimum Gasteiger partial charge on any atom is -0.366 e. The summed E-state index contributed by atoms with van der Waals surface area (Å²) in [6.45, 7) is 4.81. The summed E-state index contributed by atoms with van der Waals surface area (Å²) in [6.07, 6.45) is 2.07. The molecule has 0 aliphatic rings. The molecule has 0 saturated carbocycles. The highest BCUT2D eigenvalue weighted by Gasteiger charge is 2.18. The van der Waals surface area contributed by atoms with Gasteiger partial charge in [-0.15, -0.1) is 11.3 Å².